The smallest absolute Gasteiger partial charge is 0.409 e. The van der Waals surface area contributed by atoms with Crippen LogP contribution >= 0.6 is 0 Å². The molecule has 7 nitrogen and oxygen atoms in total. The molecule has 0 aliphatic carbocycles. The van der Waals surface area contributed by atoms with Crippen LogP contribution in [0.1, 0.15) is 0 Å². The molecule has 1 N–H and O–H groups in total. The van der Waals surface area contributed by atoms with E-state index in [1.165, 1.54) is 7.11 Å². The van der Waals surface area contributed by atoms with E-state index < -0.39 is 0 Å². The largest absolute Gasteiger partial charge is 0.484 e. The predicted octanol–water partition coefficient (Wildman–Crippen LogP) is 0.566. The molecule has 7 heteroatoms. The average molecular weight is 321 g/mol. The van der Waals surface area contributed by atoms with Gasteiger partial charge in [-0.15, -0.1) is 0 Å². The normalized spacial score (nSPS) is 15.1. The minimum Gasteiger partial charge on any atom is -0.484 e. The molecule has 0 unspecified atom stereocenters. The second-order valence-electron chi connectivity index (χ2n) is 5.25. The molecule has 1 aliphatic rings. The Labute approximate surface area is 136 Å². The number of para-hydroxylation sites is 1. The standard InChI is InChI=1S/C16H23N3O4/c1-22-16(21)19-11-9-18(10-12-19)8-7-17-15(20)13-23-14-5-3-2-4-6-14/h2-6H,7-13H2,1H3,(H,17,20). The van der Waals surface area contributed by atoms with E-state index in [1.54, 1.807) is 4.90 Å². The number of rotatable bonds is 6. The summed E-state index contributed by atoms with van der Waals surface area (Å²) in [6.07, 6.45) is -0.281. The molecule has 0 bridgehead atoms. The Morgan fingerprint density at radius 1 is 1.13 bits per heavy atom. The van der Waals surface area contributed by atoms with Gasteiger partial charge in [-0.1, -0.05) is 18.2 Å². The summed E-state index contributed by atoms with van der Waals surface area (Å²) in [6.45, 7) is 4.20. The van der Waals surface area contributed by atoms with E-state index in [0.717, 1.165) is 19.6 Å². The van der Waals surface area contributed by atoms with Crippen LogP contribution in [0, 0.1) is 0 Å². The van der Waals surface area contributed by atoms with Gasteiger partial charge < -0.3 is 19.7 Å². The highest BCUT2D eigenvalue weighted by Crippen LogP contribution is 2.07. The number of carbonyl (C=O) groups excluding carboxylic acids is 2. The van der Waals surface area contributed by atoms with Gasteiger partial charge in [-0.3, -0.25) is 9.69 Å². The van der Waals surface area contributed by atoms with E-state index in [-0.39, 0.29) is 18.6 Å². The van der Waals surface area contributed by atoms with Crippen molar-refractivity contribution in [3.8, 4) is 5.75 Å². The number of hydrogen-bond acceptors (Lipinski definition) is 5. The molecular formula is C16H23N3O4. The Morgan fingerprint density at radius 3 is 2.48 bits per heavy atom. The van der Waals surface area contributed by atoms with Crippen molar-refractivity contribution in [3.63, 3.8) is 0 Å². The minimum atomic E-state index is -0.281. The molecule has 1 heterocycles. The maximum Gasteiger partial charge on any atom is 0.409 e. The lowest BCUT2D eigenvalue weighted by Crippen LogP contribution is -2.50. The summed E-state index contributed by atoms with van der Waals surface area (Å²) in [5.74, 6) is 0.545. The first-order chi connectivity index (χ1) is 11.2. The molecule has 126 valence electrons. The lowest BCUT2D eigenvalue weighted by molar-refractivity contribution is -0.123. The van der Waals surface area contributed by atoms with Crippen LogP contribution in [-0.2, 0) is 9.53 Å². The van der Waals surface area contributed by atoms with Gasteiger partial charge in [0.15, 0.2) is 6.61 Å². The third kappa shape index (κ3) is 5.78. The van der Waals surface area contributed by atoms with Crippen LogP contribution in [0.4, 0.5) is 4.79 Å². The molecule has 1 aliphatic heterocycles. The monoisotopic (exact) mass is 321 g/mol. The Bertz CT molecular complexity index is 501. The number of ether oxygens (including phenoxy) is 2. The van der Waals surface area contributed by atoms with Crippen LogP contribution in [0.15, 0.2) is 30.3 Å². The lowest BCUT2D eigenvalue weighted by atomic mass is 10.3. The highest BCUT2D eigenvalue weighted by atomic mass is 16.5. The first-order valence-corrected chi connectivity index (χ1v) is 7.69. The zero-order chi connectivity index (χ0) is 16.5. The molecule has 2 rings (SSSR count). The van der Waals surface area contributed by atoms with Crippen molar-refractivity contribution in [2.75, 3.05) is 53.0 Å². The van der Waals surface area contributed by atoms with Gasteiger partial charge in [0.1, 0.15) is 5.75 Å². The summed E-state index contributed by atoms with van der Waals surface area (Å²) < 4.78 is 10.1. The van der Waals surface area contributed by atoms with Crippen LogP contribution < -0.4 is 10.1 Å². The number of amides is 2. The quantitative estimate of drug-likeness (QED) is 0.829. The Hall–Kier alpha value is -2.28. The molecule has 2 amide bonds. The SMILES string of the molecule is COC(=O)N1CCN(CCNC(=O)COc2ccccc2)CC1. The van der Waals surface area contributed by atoms with Crippen LogP contribution in [0.3, 0.4) is 0 Å². The van der Waals surface area contributed by atoms with Crippen molar-refractivity contribution >= 4 is 12.0 Å². The van der Waals surface area contributed by atoms with Gasteiger partial charge in [-0.05, 0) is 12.1 Å². The summed E-state index contributed by atoms with van der Waals surface area (Å²) in [6, 6.07) is 9.25. The molecule has 1 fully saturated rings. The van der Waals surface area contributed by atoms with E-state index in [1.807, 2.05) is 30.3 Å². The van der Waals surface area contributed by atoms with Gasteiger partial charge >= 0.3 is 6.09 Å². The van der Waals surface area contributed by atoms with Gasteiger partial charge in [0.2, 0.25) is 0 Å². The molecule has 0 atom stereocenters. The molecule has 1 saturated heterocycles. The number of carbonyl (C=O) groups is 2. The van der Waals surface area contributed by atoms with E-state index in [0.29, 0.717) is 25.4 Å². The Morgan fingerprint density at radius 2 is 1.83 bits per heavy atom. The first-order valence-electron chi connectivity index (χ1n) is 7.69. The summed E-state index contributed by atoms with van der Waals surface area (Å²) in [4.78, 5) is 27.0. The van der Waals surface area contributed by atoms with Crippen molar-refractivity contribution in [3.05, 3.63) is 30.3 Å². The molecule has 0 aromatic heterocycles. The van der Waals surface area contributed by atoms with E-state index in [2.05, 4.69) is 10.2 Å². The number of hydrogen-bond donors (Lipinski definition) is 1. The number of piperazine rings is 1. The molecule has 0 spiro atoms. The highest BCUT2D eigenvalue weighted by molar-refractivity contribution is 5.77. The second kappa shape index (κ2) is 8.99. The van der Waals surface area contributed by atoms with Gasteiger partial charge in [0.25, 0.3) is 5.91 Å². The zero-order valence-corrected chi connectivity index (χ0v) is 13.4. The fourth-order valence-corrected chi connectivity index (χ4v) is 2.35. The maximum atomic E-state index is 11.7. The second-order valence-corrected chi connectivity index (χ2v) is 5.25. The number of methoxy groups -OCH3 is 1. The summed E-state index contributed by atoms with van der Waals surface area (Å²) in [7, 11) is 1.39. The topological polar surface area (TPSA) is 71.1 Å². The molecule has 0 radical (unpaired) electrons. The molecule has 0 saturated carbocycles. The fraction of sp³-hybridized carbons (Fsp3) is 0.500. The van der Waals surface area contributed by atoms with Gasteiger partial charge in [0, 0.05) is 39.3 Å². The van der Waals surface area contributed by atoms with Crippen LogP contribution in [-0.4, -0.2) is 74.8 Å². The Kier molecular flexibility index (Phi) is 6.68. The molecule has 1 aromatic carbocycles. The van der Waals surface area contributed by atoms with Crippen LogP contribution in [0.25, 0.3) is 0 Å². The summed E-state index contributed by atoms with van der Waals surface area (Å²) in [5, 5.41) is 2.83. The molecule has 1 aromatic rings. The zero-order valence-electron chi connectivity index (χ0n) is 13.4. The summed E-state index contributed by atoms with van der Waals surface area (Å²) >= 11 is 0. The predicted molar refractivity (Wildman–Crippen MR) is 85.4 cm³/mol. The van der Waals surface area contributed by atoms with Gasteiger partial charge in [0.05, 0.1) is 7.11 Å². The number of nitrogens with one attached hydrogen (secondary N) is 1. The lowest BCUT2D eigenvalue weighted by Gasteiger charge is -2.33. The first kappa shape index (κ1) is 17.1. The highest BCUT2D eigenvalue weighted by Gasteiger charge is 2.20. The van der Waals surface area contributed by atoms with Crippen molar-refractivity contribution in [1.29, 1.82) is 0 Å². The average Bonchev–Trinajstić information content (AvgIpc) is 2.61. The van der Waals surface area contributed by atoms with E-state index in [4.69, 9.17) is 9.47 Å². The molecule has 23 heavy (non-hydrogen) atoms. The fourth-order valence-electron chi connectivity index (χ4n) is 2.35. The van der Waals surface area contributed by atoms with E-state index in [9.17, 15) is 9.59 Å². The van der Waals surface area contributed by atoms with Crippen molar-refractivity contribution in [2.24, 2.45) is 0 Å². The minimum absolute atomic E-state index is 0.0140. The van der Waals surface area contributed by atoms with Gasteiger partial charge in [-0.25, -0.2) is 4.79 Å². The van der Waals surface area contributed by atoms with Crippen molar-refractivity contribution < 1.29 is 19.1 Å². The third-order valence-corrected chi connectivity index (χ3v) is 3.67. The Balaban J connectivity index is 1.57. The van der Waals surface area contributed by atoms with Crippen molar-refractivity contribution in [2.45, 2.75) is 0 Å². The summed E-state index contributed by atoms with van der Waals surface area (Å²) in [5.41, 5.74) is 0. The maximum absolute atomic E-state index is 11.7. The number of nitrogens with zero attached hydrogens (tertiary/aromatic N) is 2. The molecular weight excluding hydrogens is 298 g/mol. The third-order valence-electron chi connectivity index (χ3n) is 3.67. The number of benzene rings is 1. The van der Waals surface area contributed by atoms with Crippen LogP contribution in [0.5, 0.6) is 5.75 Å². The van der Waals surface area contributed by atoms with Gasteiger partial charge in [-0.2, -0.15) is 0 Å². The van der Waals surface area contributed by atoms with E-state index >= 15 is 0 Å². The van der Waals surface area contributed by atoms with Crippen LogP contribution in [0.2, 0.25) is 0 Å². The van der Waals surface area contributed by atoms with Crippen molar-refractivity contribution in [1.82, 2.24) is 15.1 Å².